The van der Waals surface area contributed by atoms with Gasteiger partial charge in [-0.3, -0.25) is 38.5 Å². The highest BCUT2D eigenvalue weighted by Crippen LogP contribution is 2.44. The lowest BCUT2D eigenvalue weighted by Gasteiger charge is -2.39. The first-order chi connectivity index (χ1) is 57.7. The van der Waals surface area contributed by atoms with Crippen molar-refractivity contribution in [1.29, 1.82) is 0 Å². The number of ether oxygens (including phenoxy) is 4. The standard InChI is InChI=1S/C86H109ClF3N13O13S4/c1-60(91-4)81(106)94-79(62-14-7-5-8-15-62)84(108)103-36-12-20-76(103)83-93-75(59-118-83)80(105)64-16-11-17-70(52-64)116-51-50-114-47-46-113-48-49-115-57-68-56-102(97-95-68)35-13-21-78(104)101-44-38-98(39-45-101)37-33-67(58-117-71-18-9-6-10-19-71)92-74-31-30-72(53-77(74)119(109,110)86(88,89)90)120(111,112)96-82(107)63-24-28-69(29-25-63)100-42-40-99(41-43-100)55-65-54-85(2,3)34-32-73(65)61-22-26-66(87)27-23-61/h6,9-11,16-19,22-31,52-53,56,59-60,62,67,76,79,91-92H,5,7-8,12-15,20-21,32-51,54-55,57-58H2,1-4H3,(H,94,106)(H,96,107)/t60-,67+,76-,79-/m0/s1. The molecule has 1 saturated carbocycles. The number of aromatic nitrogens is 4. The third-order valence-electron chi connectivity index (χ3n) is 22.8. The number of nitrogens with one attached hydrogen (secondary N) is 4. The van der Waals surface area contributed by atoms with E-state index in [4.69, 9.17) is 35.5 Å². The number of likely N-dealkylation sites (N-methyl/N-ethyl adjacent to an activating group) is 1. The van der Waals surface area contributed by atoms with E-state index in [-0.39, 0.29) is 78.4 Å². The molecule has 4 N–H and O–H groups in total. The van der Waals surface area contributed by atoms with E-state index in [1.165, 1.54) is 51.9 Å². The van der Waals surface area contributed by atoms with E-state index in [1.54, 1.807) is 71.5 Å². The first kappa shape index (κ1) is 90.9. The van der Waals surface area contributed by atoms with Gasteiger partial charge in [0.15, 0.2) is 0 Å². The van der Waals surface area contributed by atoms with Crippen LogP contribution in [-0.2, 0) is 61.6 Å². The van der Waals surface area contributed by atoms with Crippen LogP contribution in [0.3, 0.4) is 0 Å². The Bertz CT molecular complexity index is 4870. The van der Waals surface area contributed by atoms with Gasteiger partial charge in [-0.2, -0.15) is 13.2 Å². The predicted octanol–water partition coefficient (Wildman–Crippen LogP) is 12.4. The second-order valence-corrected chi connectivity index (χ2v) is 38.0. The number of ketones is 1. The van der Waals surface area contributed by atoms with Gasteiger partial charge < -0.3 is 49.6 Å². The number of carbonyl (C=O) groups excluding carboxylic acids is 5. The van der Waals surface area contributed by atoms with Crippen molar-refractivity contribution in [3.05, 3.63) is 177 Å². The first-order valence-corrected chi connectivity index (χ1v) is 46.5. The summed E-state index contributed by atoms with van der Waals surface area (Å²) in [5.41, 5.74) is 0.0237. The van der Waals surface area contributed by atoms with E-state index in [9.17, 15) is 54.0 Å². The molecule has 12 rings (SSSR count). The molecule has 0 radical (unpaired) electrons. The number of carbonyl (C=O) groups is 5. The number of piperazine rings is 2. The fourth-order valence-corrected chi connectivity index (χ4v) is 20.0. The van der Waals surface area contributed by atoms with Crippen molar-refractivity contribution in [2.75, 3.05) is 135 Å². The normalized spacial score (nSPS) is 18.0. The van der Waals surface area contributed by atoms with Gasteiger partial charge in [-0.25, -0.2) is 26.5 Å². The van der Waals surface area contributed by atoms with Gasteiger partial charge in [0.05, 0.1) is 68.5 Å². The molecule has 5 aliphatic rings. The Hall–Kier alpha value is -8.35. The van der Waals surface area contributed by atoms with Gasteiger partial charge in [-0.15, -0.1) is 28.2 Å². The molecule has 4 amide bonds. The number of hydrogen-bond acceptors (Lipinski definition) is 23. The number of halogens is 4. The minimum Gasteiger partial charge on any atom is -0.491 e. The van der Waals surface area contributed by atoms with Crippen LogP contribution < -0.4 is 30.3 Å². The van der Waals surface area contributed by atoms with E-state index in [0.717, 1.165) is 107 Å². The third-order valence-corrected chi connectivity index (χ3v) is 28.1. The topological polar surface area (TPSA) is 298 Å². The summed E-state index contributed by atoms with van der Waals surface area (Å²) in [5, 5.41) is 20.6. The summed E-state index contributed by atoms with van der Waals surface area (Å²) in [6.07, 6.45) is 12.4. The molecule has 3 saturated heterocycles. The number of benzene rings is 5. The molecule has 0 unspecified atom stereocenters. The van der Waals surface area contributed by atoms with Gasteiger partial charge in [0.1, 0.15) is 39.7 Å². The van der Waals surface area contributed by atoms with Crippen LogP contribution in [-0.4, -0.2) is 234 Å². The smallest absolute Gasteiger partial charge is 0.491 e. The minimum absolute atomic E-state index is 0.0294. The van der Waals surface area contributed by atoms with Gasteiger partial charge in [-0.05, 0) is 173 Å². The molecule has 26 nitrogen and oxygen atoms in total. The summed E-state index contributed by atoms with van der Waals surface area (Å²) >= 11 is 9.00. The number of likely N-dealkylation sites (tertiary alicyclic amines) is 1. The van der Waals surface area contributed by atoms with Crippen molar-refractivity contribution in [3.63, 3.8) is 0 Å². The average Bonchev–Trinajstić information content (AvgIpc) is 0.898. The summed E-state index contributed by atoms with van der Waals surface area (Å²) in [4.78, 5) is 82.0. The van der Waals surface area contributed by atoms with Crippen molar-refractivity contribution in [1.82, 2.24) is 54.9 Å². The molecule has 0 spiro atoms. The number of rotatable bonds is 40. The molecule has 34 heteroatoms. The second-order valence-electron chi connectivity index (χ2n) is 32.0. The third kappa shape index (κ3) is 25.0. The number of hydrogen-bond donors (Lipinski definition) is 4. The lowest BCUT2D eigenvalue weighted by Crippen LogP contribution is -2.55. The van der Waals surface area contributed by atoms with Gasteiger partial charge >= 0.3 is 5.51 Å². The maximum Gasteiger partial charge on any atom is 0.501 e. The van der Waals surface area contributed by atoms with Crippen molar-refractivity contribution < 1.29 is 72.9 Å². The number of allylic oxidation sites excluding steroid dienone is 1. The molecule has 4 atom stereocenters. The highest BCUT2D eigenvalue weighted by Gasteiger charge is 2.49. The van der Waals surface area contributed by atoms with Gasteiger partial charge in [0.25, 0.3) is 25.8 Å². The van der Waals surface area contributed by atoms with E-state index < -0.39 is 64.9 Å². The molecule has 120 heavy (non-hydrogen) atoms. The van der Waals surface area contributed by atoms with Gasteiger partial charge in [0, 0.05) is 129 Å². The summed E-state index contributed by atoms with van der Waals surface area (Å²) in [5.74, 6) is -0.780. The van der Waals surface area contributed by atoms with E-state index in [1.807, 2.05) is 52.1 Å². The van der Waals surface area contributed by atoms with Gasteiger partial charge in [0.2, 0.25) is 23.5 Å². The molecule has 648 valence electrons. The van der Waals surface area contributed by atoms with Crippen LogP contribution in [0.15, 0.2) is 153 Å². The number of thioether (sulfide) groups is 1. The molecule has 3 aliphatic heterocycles. The Morgan fingerprint density at radius 2 is 1.46 bits per heavy atom. The quantitative estimate of drug-likeness (QED) is 0.0158. The zero-order valence-corrected chi connectivity index (χ0v) is 72.4. The monoisotopic (exact) mass is 1750 g/mol. The highest BCUT2D eigenvalue weighted by atomic mass is 35.5. The maximum atomic E-state index is 14.6. The summed E-state index contributed by atoms with van der Waals surface area (Å²) in [6.45, 7) is 15.5. The number of aryl methyl sites for hydroxylation is 1. The predicted molar refractivity (Wildman–Crippen MR) is 456 cm³/mol. The molecular weight excluding hydrogens is 1640 g/mol. The Morgan fingerprint density at radius 3 is 2.17 bits per heavy atom. The second kappa shape index (κ2) is 42.6. The van der Waals surface area contributed by atoms with Crippen LogP contribution in [0.25, 0.3) is 5.57 Å². The van der Waals surface area contributed by atoms with Crippen molar-refractivity contribution in [3.8, 4) is 5.75 Å². The molecule has 7 aromatic rings. The van der Waals surface area contributed by atoms with Crippen LogP contribution in [0.1, 0.15) is 153 Å². The lowest BCUT2D eigenvalue weighted by atomic mass is 9.73. The molecule has 2 aromatic heterocycles. The Kier molecular flexibility index (Phi) is 32.3. The Morgan fingerprint density at radius 1 is 0.750 bits per heavy atom. The van der Waals surface area contributed by atoms with Crippen molar-refractivity contribution in [2.24, 2.45) is 11.3 Å². The van der Waals surface area contributed by atoms with Crippen LogP contribution >= 0.6 is 34.7 Å². The fraction of sp³-hybridized carbons (Fsp3) is 0.512. The Labute approximate surface area is 714 Å². The van der Waals surface area contributed by atoms with Gasteiger partial charge in [-0.1, -0.05) is 98.0 Å². The summed E-state index contributed by atoms with van der Waals surface area (Å²) < 4.78 is 125. The number of alkyl halides is 3. The summed E-state index contributed by atoms with van der Waals surface area (Å²) in [6, 6.07) is 31.0. The molecule has 5 aromatic carbocycles. The SMILES string of the molecule is CN[C@@H](C)C(=O)N[C@H](C(=O)N1CCC[C@H]1c1nc(C(=O)c2cccc(OCCOCCOCCOCc3cn(CCCC(=O)N4CCN(CC[C@H](CSc5ccccc5)Nc5ccc(S(=O)(=O)NC(=O)c6ccc(N7CCN(CC8=C(c9ccc(Cl)cc9)CCC(C)(C)C8)CC7)cc6)cc5S(=O)(=O)C(F)(F)F)CC4)nn3)c2)cs1)C1CCCCC1. The van der Waals surface area contributed by atoms with Crippen molar-refractivity contribution in [2.45, 2.75) is 162 Å². The molecule has 4 fully saturated rings. The Balaban J connectivity index is 0.535. The maximum absolute atomic E-state index is 14.6. The van der Waals surface area contributed by atoms with Crippen LogP contribution in [0.5, 0.6) is 5.75 Å². The number of anilines is 2. The molecule has 5 heterocycles. The number of amides is 4. The van der Waals surface area contributed by atoms with E-state index in [2.05, 4.69) is 66.9 Å². The molecule has 2 aliphatic carbocycles. The number of nitrogens with zero attached hydrogens (tertiary/aromatic N) is 9. The van der Waals surface area contributed by atoms with E-state index >= 15 is 0 Å². The molecular formula is C86H109ClF3N13O13S4. The zero-order valence-electron chi connectivity index (χ0n) is 68.4. The first-order valence-electron chi connectivity index (χ1n) is 41.3. The van der Waals surface area contributed by atoms with Crippen LogP contribution in [0, 0.1) is 11.3 Å². The number of thiazole rings is 1. The van der Waals surface area contributed by atoms with Crippen LogP contribution in [0.4, 0.5) is 24.5 Å². The fourth-order valence-electron chi connectivity index (χ4n) is 15.9. The zero-order chi connectivity index (χ0) is 85.0. The summed E-state index contributed by atoms with van der Waals surface area (Å²) in [7, 11) is -9.39. The molecule has 0 bridgehead atoms. The average molecular weight is 1750 g/mol. The number of sulfone groups is 1. The largest absolute Gasteiger partial charge is 0.501 e. The van der Waals surface area contributed by atoms with Crippen molar-refractivity contribution >= 4 is 101 Å². The van der Waals surface area contributed by atoms with E-state index in [0.29, 0.717) is 137 Å². The highest BCUT2D eigenvalue weighted by molar-refractivity contribution is 7.99. The van der Waals surface area contributed by atoms with Crippen LogP contribution in [0.2, 0.25) is 5.02 Å². The lowest BCUT2D eigenvalue weighted by molar-refractivity contribution is -0.139. The number of sulfonamides is 1. The minimum atomic E-state index is -6.17.